The van der Waals surface area contributed by atoms with Crippen molar-refractivity contribution in [1.82, 2.24) is 0 Å². The van der Waals surface area contributed by atoms with E-state index in [-0.39, 0.29) is 12.0 Å². The molecule has 2 aliphatic rings. The Morgan fingerprint density at radius 3 is 2.02 bits per heavy atom. The van der Waals surface area contributed by atoms with E-state index in [1.165, 1.54) is 21.9 Å². The highest BCUT2D eigenvalue weighted by Gasteiger charge is 2.34. The third-order valence-electron chi connectivity index (χ3n) is 11.6. The second-order valence-electron chi connectivity index (χ2n) is 14.8. The summed E-state index contributed by atoms with van der Waals surface area (Å²) in [5.41, 5.74) is 12.6. The summed E-state index contributed by atoms with van der Waals surface area (Å²) in [4.78, 5) is 2.38. The first-order valence-electron chi connectivity index (χ1n) is 19.1. The number of anilines is 3. The molecule has 4 nitrogen and oxygen atoms in total. The van der Waals surface area contributed by atoms with E-state index in [4.69, 9.17) is 13.6 Å². The lowest BCUT2D eigenvalue weighted by Gasteiger charge is -2.29. The Balaban J connectivity index is 1.01. The van der Waals surface area contributed by atoms with Gasteiger partial charge in [0.25, 0.3) is 0 Å². The molecule has 0 radical (unpaired) electrons. The van der Waals surface area contributed by atoms with Gasteiger partial charge in [-0.15, -0.1) is 0 Å². The van der Waals surface area contributed by atoms with E-state index in [1.54, 1.807) is 0 Å². The number of allylic oxidation sites excluding steroid dienone is 2. The van der Waals surface area contributed by atoms with Crippen molar-refractivity contribution in [3.8, 4) is 16.9 Å². The third-order valence-corrected chi connectivity index (χ3v) is 11.6. The van der Waals surface area contributed by atoms with Gasteiger partial charge in [-0.05, 0) is 100 Å². The molecule has 3 heterocycles. The van der Waals surface area contributed by atoms with E-state index < -0.39 is 0 Å². The quantitative estimate of drug-likeness (QED) is 0.178. The van der Waals surface area contributed by atoms with Gasteiger partial charge < -0.3 is 18.5 Å². The largest absolute Gasteiger partial charge is 0.485 e. The number of hydrogen-bond donors (Lipinski definition) is 0. The van der Waals surface area contributed by atoms with Crippen molar-refractivity contribution in [2.24, 2.45) is 0 Å². The maximum Gasteiger partial charge on any atom is 0.136 e. The summed E-state index contributed by atoms with van der Waals surface area (Å²) in [6, 6.07) is 60.1. The smallest absolute Gasteiger partial charge is 0.136 e. The second kappa shape index (κ2) is 12.1. The van der Waals surface area contributed by atoms with E-state index in [1.807, 2.05) is 24.3 Å². The third kappa shape index (κ3) is 4.79. The molecule has 264 valence electrons. The summed E-state index contributed by atoms with van der Waals surface area (Å²) in [5, 5.41) is 6.87. The standard InChI is InChI=1S/C52H33NO3/c1-2-11-34-30-51-43(28-33(34)10-1)42-29-35(22-26-48(42)56-51)38-12-3-6-16-45(38)53(37-25-27-49-44(31-37)40-13-4-7-17-46(40)54-49)36-23-20-32(21-24-36)39-15-9-19-50-52(39)41-14-5-8-18-47(41)55-50/h1-31,42,48H. The van der Waals surface area contributed by atoms with Gasteiger partial charge in [0, 0.05) is 50.0 Å². The summed E-state index contributed by atoms with van der Waals surface area (Å²) in [5.74, 6) is 1.08. The second-order valence-corrected chi connectivity index (χ2v) is 14.8. The van der Waals surface area contributed by atoms with Gasteiger partial charge in [0.1, 0.15) is 34.2 Å². The summed E-state index contributed by atoms with van der Waals surface area (Å²) in [6.07, 6.45) is 6.82. The van der Waals surface area contributed by atoms with Gasteiger partial charge in [0.2, 0.25) is 0 Å². The van der Waals surface area contributed by atoms with Crippen LogP contribution >= 0.6 is 0 Å². The average molecular weight is 720 g/mol. The summed E-state index contributed by atoms with van der Waals surface area (Å²) >= 11 is 0. The SMILES string of the molecule is C1=CC2Oc3cc4ccccc4cc3C2C=C1c1ccccc1N(c1ccc(-c2cccc3oc4ccccc4c23)cc1)c1ccc2oc3ccccc3c2c1. The minimum Gasteiger partial charge on any atom is -0.485 e. The summed E-state index contributed by atoms with van der Waals surface area (Å²) < 4.78 is 19.1. The fourth-order valence-electron chi connectivity index (χ4n) is 8.97. The number of furan rings is 2. The molecule has 2 unspecified atom stereocenters. The minimum atomic E-state index is -0.0325. The molecule has 1 aliphatic carbocycles. The molecular formula is C52H33NO3. The minimum absolute atomic E-state index is 0.0325. The predicted molar refractivity (Wildman–Crippen MR) is 229 cm³/mol. The summed E-state index contributed by atoms with van der Waals surface area (Å²) in [7, 11) is 0. The molecule has 0 spiro atoms. The van der Waals surface area contributed by atoms with Crippen molar-refractivity contribution in [3.05, 3.63) is 199 Å². The topological polar surface area (TPSA) is 38.8 Å². The average Bonchev–Trinajstić information content (AvgIpc) is 3.94. The molecule has 0 amide bonds. The van der Waals surface area contributed by atoms with E-state index >= 15 is 0 Å². The highest BCUT2D eigenvalue weighted by molar-refractivity contribution is 6.12. The highest BCUT2D eigenvalue weighted by atomic mass is 16.5. The maximum absolute atomic E-state index is 6.52. The normalized spacial score (nSPS) is 16.0. The van der Waals surface area contributed by atoms with E-state index in [2.05, 4.69) is 169 Å². The fraction of sp³-hybridized carbons (Fsp3) is 0.0385. The number of para-hydroxylation sites is 3. The molecule has 2 atom stereocenters. The first-order chi connectivity index (χ1) is 27.7. The first kappa shape index (κ1) is 31.1. The number of nitrogens with zero attached hydrogens (tertiary/aromatic N) is 1. The molecular weight excluding hydrogens is 687 g/mol. The monoisotopic (exact) mass is 719 g/mol. The molecule has 1 aliphatic heterocycles. The van der Waals surface area contributed by atoms with Crippen LogP contribution in [-0.2, 0) is 0 Å². The van der Waals surface area contributed by atoms with E-state index in [0.29, 0.717) is 0 Å². The van der Waals surface area contributed by atoms with Gasteiger partial charge in [-0.3, -0.25) is 0 Å². The molecule has 10 aromatic rings. The number of fused-ring (bicyclic) bond motifs is 10. The zero-order valence-corrected chi connectivity index (χ0v) is 30.2. The Labute approximate surface area is 322 Å². The lowest BCUT2D eigenvalue weighted by molar-refractivity contribution is 0.269. The molecule has 8 aromatic carbocycles. The molecule has 0 saturated heterocycles. The van der Waals surface area contributed by atoms with Crippen LogP contribution in [0.3, 0.4) is 0 Å². The van der Waals surface area contributed by atoms with Crippen molar-refractivity contribution < 1.29 is 13.6 Å². The molecule has 2 aromatic heterocycles. The van der Waals surface area contributed by atoms with Crippen LogP contribution < -0.4 is 9.64 Å². The lowest BCUT2D eigenvalue weighted by Crippen LogP contribution is -2.18. The molecule has 0 fully saturated rings. The van der Waals surface area contributed by atoms with Crippen LogP contribution in [0.15, 0.2) is 197 Å². The molecule has 4 heteroatoms. The number of hydrogen-bond acceptors (Lipinski definition) is 4. The molecule has 12 rings (SSSR count). The van der Waals surface area contributed by atoms with Crippen molar-refractivity contribution in [2.45, 2.75) is 12.0 Å². The van der Waals surface area contributed by atoms with Gasteiger partial charge in [0.15, 0.2) is 0 Å². The maximum atomic E-state index is 6.52. The number of ether oxygens (including phenoxy) is 1. The molecule has 0 saturated carbocycles. The Bertz CT molecular complexity index is 3250. The summed E-state index contributed by atoms with van der Waals surface area (Å²) in [6.45, 7) is 0. The Kier molecular flexibility index (Phi) is 6.72. The molecule has 0 N–H and O–H groups in total. The fourth-order valence-corrected chi connectivity index (χ4v) is 8.97. The van der Waals surface area contributed by atoms with Crippen LogP contribution in [0.25, 0.3) is 71.3 Å². The van der Waals surface area contributed by atoms with Crippen LogP contribution in [0, 0.1) is 0 Å². The van der Waals surface area contributed by atoms with Gasteiger partial charge >= 0.3 is 0 Å². The Morgan fingerprint density at radius 2 is 1.14 bits per heavy atom. The number of benzene rings is 8. The number of rotatable bonds is 5. The predicted octanol–water partition coefficient (Wildman–Crippen LogP) is 14.3. The lowest BCUT2D eigenvalue weighted by atomic mass is 9.85. The van der Waals surface area contributed by atoms with E-state index in [9.17, 15) is 0 Å². The van der Waals surface area contributed by atoms with Crippen LogP contribution in [0.1, 0.15) is 17.0 Å². The van der Waals surface area contributed by atoms with Crippen LogP contribution in [0.5, 0.6) is 5.75 Å². The van der Waals surface area contributed by atoms with Gasteiger partial charge in [0.05, 0.1) is 5.69 Å². The van der Waals surface area contributed by atoms with Crippen LogP contribution in [-0.4, -0.2) is 6.10 Å². The van der Waals surface area contributed by atoms with Gasteiger partial charge in [-0.25, -0.2) is 0 Å². The highest BCUT2D eigenvalue weighted by Crippen LogP contribution is 2.48. The first-order valence-corrected chi connectivity index (χ1v) is 19.1. The zero-order chi connectivity index (χ0) is 36.7. The van der Waals surface area contributed by atoms with Crippen molar-refractivity contribution >= 4 is 77.3 Å². The van der Waals surface area contributed by atoms with Crippen molar-refractivity contribution in [2.75, 3.05) is 4.90 Å². The molecule has 0 bridgehead atoms. The van der Waals surface area contributed by atoms with Gasteiger partial charge in [-0.1, -0.05) is 115 Å². The van der Waals surface area contributed by atoms with Crippen LogP contribution in [0.2, 0.25) is 0 Å². The zero-order valence-electron chi connectivity index (χ0n) is 30.2. The van der Waals surface area contributed by atoms with Crippen molar-refractivity contribution in [1.29, 1.82) is 0 Å². The van der Waals surface area contributed by atoms with Crippen molar-refractivity contribution in [3.63, 3.8) is 0 Å². The Morgan fingerprint density at radius 1 is 0.482 bits per heavy atom. The molecule has 56 heavy (non-hydrogen) atoms. The van der Waals surface area contributed by atoms with Gasteiger partial charge in [-0.2, -0.15) is 0 Å². The van der Waals surface area contributed by atoms with Crippen LogP contribution in [0.4, 0.5) is 17.1 Å². The van der Waals surface area contributed by atoms with E-state index in [0.717, 1.165) is 83.4 Å². The Hall–Kier alpha value is -7.30.